The van der Waals surface area contributed by atoms with Gasteiger partial charge in [0.05, 0.1) is 11.1 Å². The molecule has 1 atom stereocenters. The lowest BCUT2D eigenvalue weighted by Gasteiger charge is -2.19. The monoisotopic (exact) mass is 296 g/mol. The van der Waals surface area contributed by atoms with Crippen molar-refractivity contribution in [3.05, 3.63) is 69.2 Å². The molecule has 20 heavy (non-hydrogen) atoms. The van der Waals surface area contributed by atoms with E-state index in [1.807, 2.05) is 32.0 Å². The first-order valence-corrected chi connectivity index (χ1v) is 6.49. The van der Waals surface area contributed by atoms with Crippen LogP contribution in [0.2, 0.25) is 5.02 Å². The quantitative estimate of drug-likeness (QED) is 0.514. The van der Waals surface area contributed by atoms with E-state index in [2.05, 4.69) is 5.43 Å². The van der Waals surface area contributed by atoms with Crippen molar-refractivity contribution in [3.63, 3.8) is 0 Å². The van der Waals surface area contributed by atoms with E-state index in [4.69, 9.17) is 17.4 Å². The third-order valence-corrected chi connectivity index (χ3v) is 3.67. The van der Waals surface area contributed by atoms with Crippen molar-refractivity contribution < 1.29 is 8.78 Å². The Kier molecular flexibility index (Phi) is 4.38. The summed E-state index contributed by atoms with van der Waals surface area (Å²) < 4.78 is 27.5. The number of nitrogens with two attached hydrogens (primary N) is 1. The highest BCUT2D eigenvalue weighted by Gasteiger charge is 2.19. The Morgan fingerprint density at radius 2 is 1.75 bits per heavy atom. The predicted molar refractivity (Wildman–Crippen MR) is 76.5 cm³/mol. The predicted octanol–water partition coefficient (Wildman–Crippen LogP) is 3.79. The first-order valence-electron chi connectivity index (χ1n) is 6.11. The molecular weight excluding hydrogens is 282 g/mol. The summed E-state index contributed by atoms with van der Waals surface area (Å²) in [4.78, 5) is 0. The van der Waals surface area contributed by atoms with Crippen molar-refractivity contribution in [1.29, 1.82) is 0 Å². The Labute approximate surface area is 121 Å². The molecule has 3 N–H and O–H groups in total. The van der Waals surface area contributed by atoms with Gasteiger partial charge in [-0.15, -0.1) is 0 Å². The van der Waals surface area contributed by atoms with Gasteiger partial charge in [0.1, 0.15) is 11.6 Å². The Bertz CT molecular complexity index is 644. The van der Waals surface area contributed by atoms with E-state index < -0.39 is 17.7 Å². The van der Waals surface area contributed by atoms with Crippen molar-refractivity contribution >= 4 is 11.6 Å². The van der Waals surface area contributed by atoms with Gasteiger partial charge in [-0.2, -0.15) is 0 Å². The van der Waals surface area contributed by atoms with Crippen LogP contribution in [-0.4, -0.2) is 0 Å². The van der Waals surface area contributed by atoms with Crippen LogP contribution < -0.4 is 11.3 Å². The zero-order valence-corrected chi connectivity index (χ0v) is 11.9. The van der Waals surface area contributed by atoms with Crippen LogP contribution in [0.4, 0.5) is 8.78 Å². The van der Waals surface area contributed by atoms with Crippen molar-refractivity contribution in [2.45, 2.75) is 19.9 Å². The van der Waals surface area contributed by atoms with E-state index in [-0.39, 0.29) is 10.6 Å². The average Bonchev–Trinajstić information content (AvgIpc) is 2.40. The van der Waals surface area contributed by atoms with Gasteiger partial charge in [0.25, 0.3) is 0 Å². The van der Waals surface area contributed by atoms with E-state index in [0.29, 0.717) is 0 Å². The van der Waals surface area contributed by atoms with Gasteiger partial charge >= 0.3 is 0 Å². The topological polar surface area (TPSA) is 38.0 Å². The summed E-state index contributed by atoms with van der Waals surface area (Å²) in [6, 6.07) is 7.03. The summed E-state index contributed by atoms with van der Waals surface area (Å²) in [6.07, 6.45) is 0. The molecular formula is C15H15ClF2N2. The van der Waals surface area contributed by atoms with Gasteiger partial charge in [0.2, 0.25) is 0 Å². The largest absolute Gasteiger partial charge is 0.271 e. The van der Waals surface area contributed by atoms with Gasteiger partial charge in [0.15, 0.2) is 0 Å². The molecule has 2 aromatic rings. The first-order chi connectivity index (χ1) is 9.43. The third kappa shape index (κ3) is 2.82. The van der Waals surface area contributed by atoms with Crippen molar-refractivity contribution in [2.24, 2.45) is 5.84 Å². The molecule has 0 saturated heterocycles. The molecule has 0 bridgehead atoms. The minimum absolute atomic E-state index is 0.123. The van der Waals surface area contributed by atoms with Crippen LogP contribution in [0, 0.1) is 25.5 Å². The first kappa shape index (κ1) is 14.9. The third-order valence-electron chi connectivity index (χ3n) is 3.38. The molecule has 0 saturated carbocycles. The summed E-state index contributed by atoms with van der Waals surface area (Å²) >= 11 is 5.56. The van der Waals surface area contributed by atoms with Crippen LogP contribution in [0.5, 0.6) is 0 Å². The summed E-state index contributed by atoms with van der Waals surface area (Å²) in [7, 11) is 0. The SMILES string of the molecule is Cc1ccc(C(NN)c2cc(F)c(Cl)cc2F)cc1C. The van der Waals surface area contributed by atoms with E-state index in [9.17, 15) is 8.78 Å². The summed E-state index contributed by atoms with van der Waals surface area (Å²) in [5, 5.41) is -0.248. The maximum Gasteiger partial charge on any atom is 0.142 e. The average molecular weight is 297 g/mol. The standard InChI is InChI=1S/C15H15ClF2N2/c1-8-3-4-10(5-9(8)2)15(20-19)11-6-14(18)12(16)7-13(11)17/h3-7,15,20H,19H2,1-2H3. The molecule has 2 rings (SSSR count). The number of halogens is 3. The summed E-state index contributed by atoms with van der Waals surface area (Å²) in [6.45, 7) is 3.93. The minimum atomic E-state index is -0.674. The molecule has 0 amide bonds. The van der Waals surface area contributed by atoms with Crippen molar-refractivity contribution in [2.75, 3.05) is 0 Å². The lowest BCUT2D eigenvalue weighted by molar-refractivity contribution is 0.545. The Morgan fingerprint density at radius 3 is 2.35 bits per heavy atom. The van der Waals surface area contributed by atoms with Crippen molar-refractivity contribution in [1.82, 2.24) is 5.43 Å². The van der Waals surface area contributed by atoms with Gasteiger partial charge < -0.3 is 0 Å². The molecule has 0 fully saturated rings. The second-order valence-corrected chi connectivity index (χ2v) is 5.14. The molecule has 0 spiro atoms. The number of hydrazine groups is 1. The highest BCUT2D eigenvalue weighted by molar-refractivity contribution is 6.30. The number of rotatable bonds is 3. The smallest absolute Gasteiger partial charge is 0.142 e. The fourth-order valence-electron chi connectivity index (χ4n) is 2.07. The number of hydrogen-bond acceptors (Lipinski definition) is 2. The molecule has 0 aromatic heterocycles. The van der Waals surface area contributed by atoms with Crippen LogP contribution in [0.15, 0.2) is 30.3 Å². The van der Waals surface area contributed by atoms with Gasteiger partial charge in [-0.1, -0.05) is 29.8 Å². The van der Waals surface area contributed by atoms with Gasteiger partial charge in [-0.05, 0) is 42.7 Å². The number of nitrogens with one attached hydrogen (secondary N) is 1. The highest BCUT2D eigenvalue weighted by Crippen LogP contribution is 2.28. The molecule has 0 radical (unpaired) electrons. The van der Waals surface area contributed by atoms with Crippen LogP contribution in [0.3, 0.4) is 0 Å². The molecule has 2 nitrogen and oxygen atoms in total. The second kappa shape index (κ2) is 5.87. The molecule has 1 unspecified atom stereocenters. The van der Waals surface area contributed by atoms with Crippen LogP contribution in [-0.2, 0) is 0 Å². The van der Waals surface area contributed by atoms with Crippen LogP contribution in [0.25, 0.3) is 0 Å². The van der Waals surface area contributed by atoms with E-state index >= 15 is 0 Å². The molecule has 5 heteroatoms. The number of aryl methyl sites for hydroxylation is 2. The summed E-state index contributed by atoms with van der Waals surface area (Å²) in [5.41, 5.74) is 5.57. The highest BCUT2D eigenvalue weighted by atomic mass is 35.5. The maximum atomic E-state index is 14.0. The lowest BCUT2D eigenvalue weighted by Crippen LogP contribution is -2.29. The zero-order chi connectivity index (χ0) is 14.9. The summed E-state index contributed by atoms with van der Waals surface area (Å²) in [5.74, 6) is 4.24. The van der Waals surface area contributed by atoms with E-state index in [1.54, 1.807) is 0 Å². The van der Waals surface area contributed by atoms with Gasteiger partial charge in [-0.25, -0.2) is 14.2 Å². The molecule has 0 aliphatic carbocycles. The molecule has 0 aliphatic rings. The van der Waals surface area contributed by atoms with Gasteiger partial charge in [-0.3, -0.25) is 5.84 Å². The lowest BCUT2D eigenvalue weighted by atomic mass is 9.95. The normalized spacial score (nSPS) is 12.5. The minimum Gasteiger partial charge on any atom is -0.271 e. The maximum absolute atomic E-state index is 14.0. The fourth-order valence-corrected chi connectivity index (χ4v) is 2.22. The Hall–Kier alpha value is -1.49. The number of hydrogen-bond donors (Lipinski definition) is 2. The van der Waals surface area contributed by atoms with E-state index in [0.717, 1.165) is 28.8 Å². The van der Waals surface area contributed by atoms with Crippen LogP contribution >= 0.6 is 11.6 Å². The molecule has 106 valence electrons. The Morgan fingerprint density at radius 1 is 1.05 bits per heavy atom. The van der Waals surface area contributed by atoms with E-state index in [1.165, 1.54) is 0 Å². The number of benzene rings is 2. The van der Waals surface area contributed by atoms with Crippen molar-refractivity contribution in [3.8, 4) is 0 Å². The molecule has 0 heterocycles. The van der Waals surface area contributed by atoms with Gasteiger partial charge in [0, 0.05) is 5.56 Å². The zero-order valence-electron chi connectivity index (χ0n) is 11.2. The van der Waals surface area contributed by atoms with Crippen LogP contribution in [0.1, 0.15) is 28.3 Å². The fraction of sp³-hybridized carbons (Fsp3) is 0.200. The molecule has 2 aromatic carbocycles. The molecule has 0 aliphatic heterocycles. The Balaban J connectivity index is 2.52. The second-order valence-electron chi connectivity index (χ2n) is 4.73.